The van der Waals surface area contributed by atoms with Gasteiger partial charge in [0.15, 0.2) is 5.69 Å². The van der Waals surface area contributed by atoms with Gasteiger partial charge in [-0.2, -0.15) is 0 Å². The molecule has 0 amide bonds. The van der Waals surface area contributed by atoms with Crippen LogP contribution < -0.4 is 0 Å². The highest BCUT2D eigenvalue weighted by Crippen LogP contribution is 2.17. The largest absolute Gasteiger partial charge is 0.476 e. The van der Waals surface area contributed by atoms with Crippen molar-refractivity contribution in [1.29, 1.82) is 0 Å². The number of ether oxygens (including phenoxy) is 1. The van der Waals surface area contributed by atoms with Gasteiger partial charge in [-0.05, 0) is 12.8 Å². The lowest BCUT2D eigenvalue weighted by Crippen LogP contribution is -2.24. The zero-order valence-corrected chi connectivity index (χ0v) is 10.8. The first kappa shape index (κ1) is 14.6. The van der Waals surface area contributed by atoms with E-state index in [0.717, 1.165) is 0 Å². The van der Waals surface area contributed by atoms with E-state index in [1.807, 2.05) is 20.8 Å². The Morgan fingerprint density at radius 3 is 2.67 bits per heavy atom. The summed E-state index contributed by atoms with van der Waals surface area (Å²) in [7, 11) is 0. The molecular weight excluding hydrogens is 238 g/mol. The van der Waals surface area contributed by atoms with Crippen LogP contribution in [0.1, 0.15) is 42.9 Å². The van der Waals surface area contributed by atoms with Crippen LogP contribution in [0, 0.1) is 0 Å². The Labute approximate surface area is 105 Å². The van der Waals surface area contributed by atoms with E-state index in [1.54, 1.807) is 0 Å². The fraction of sp³-hybridized carbons (Fsp3) is 0.727. The number of hydrogen-bond donors (Lipinski definition) is 2. The average Bonchev–Trinajstić information content (AvgIpc) is 2.70. The molecule has 2 N–H and O–H groups in total. The lowest BCUT2D eigenvalue weighted by molar-refractivity contribution is 0.0307. The molecule has 102 valence electrons. The van der Waals surface area contributed by atoms with E-state index in [0.29, 0.717) is 12.3 Å². The van der Waals surface area contributed by atoms with Gasteiger partial charge in [0.1, 0.15) is 0 Å². The van der Waals surface area contributed by atoms with Crippen molar-refractivity contribution in [2.45, 2.75) is 39.3 Å². The summed E-state index contributed by atoms with van der Waals surface area (Å²) in [6.07, 6.45) is -0.731. The van der Waals surface area contributed by atoms with Gasteiger partial charge in [-0.3, -0.25) is 0 Å². The Morgan fingerprint density at radius 1 is 1.50 bits per heavy atom. The minimum Gasteiger partial charge on any atom is -0.476 e. The van der Waals surface area contributed by atoms with Crippen LogP contribution >= 0.6 is 0 Å². The third kappa shape index (κ3) is 3.51. The number of aromatic nitrogens is 3. The molecule has 0 aliphatic heterocycles. The molecular formula is C11H19N3O4. The highest BCUT2D eigenvalue weighted by Gasteiger charge is 2.22. The summed E-state index contributed by atoms with van der Waals surface area (Å²) >= 11 is 0. The minimum atomic E-state index is -1.11. The molecule has 0 fully saturated rings. The van der Waals surface area contributed by atoms with Crippen LogP contribution in [0.4, 0.5) is 0 Å². The highest BCUT2D eigenvalue weighted by molar-refractivity contribution is 5.86. The molecule has 0 radical (unpaired) electrons. The standard InChI is InChI=1S/C11H19N3O4/c1-4-18-6-8(15)5-14-10(7(2)3)9(11(16)17)12-13-14/h7-8,15H,4-6H2,1-3H3,(H,16,17). The Balaban J connectivity index is 2.85. The van der Waals surface area contributed by atoms with Crippen LogP contribution in [0.5, 0.6) is 0 Å². The molecule has 0 saturated carbocycles. The van der Waals surface area contributed by atoms with Gasteiger partial charge in [0.2, 0.25) is 0 Å². The van der Waals surface area contributed by atoms with Crippen LogP contribution in [-0.2, 0) is 11.3 Å². The zero-order valence-electron chi connectivity index (χ0n) is 10.8. The van der Waals surface area contributed by atoms with E-state index in [9.17, 15) is 9.90 Å². The number of hydrogen-bond acceptors (Lipinski definition) is 5. The SMILES string of the molecule is CCOCC(O)Cn1nnc(C(=O)O)c1C(C)C. The number of carboxylic acid groups (broad SMARTS) is 1. The van der Waals surface area contributed by atoms with Crippen molar-refractivity contribution in [3.63, 3.8) is 0 Å². The van der Waals surface area contributed by atoms with Gasteiger partial charge >= 0.3 is 5.97 Å². The van der Waals surface area contributed by atoms with Crippen LogP contribution in [-0.4, -0.2) is 50.5 Å². The molecule has 0 aliphatic rings. The van der Waals surface area contributed by atoms with Crippen molar-refractivity contribution in [2.75, 3.05) is 13.2 Å². The number of rotatable bonds is 7. The molecule has 7 heteroatoms. The summed E-state index contributed by atoms with van der Waals surface area (Å²) in [6, 6.07) is 0. The molecule has 7 nitrogen and oxygen atoms in total. The van der Waals surface area contributed by atoms with Crippen molar-refractivity contribution < 1.29 is 19.7 Å². The van der Waals surface area contributed by atoms with Gasteiger partial charge in [-0.25, -0.2) is 9.48 Å². The predicted molar refractivity (Wildman–Crippen MR) is 63.6 cm³/mol. The van der Waals surface area contributed by atoms with Crippen molar-refractivity contribution in [3.05, 3.63) is 11.4 Å². The monoisotopic (exact) mass is 257 g/mol. The average molecular weight is 257 g/mol. The Hall–Kier alpha value is -1.47. The van der Waals surface area contributed by atoms with Gasteiger partial charge in [0, 0.05) is 6.61 Å². The number of aliphatic hydroxyl groups is 1. The summed E-state index contributed by atoms with van der Waals surface area (Å²) in [4.78, 5) is 11.0. The number of nitrogens with zero attached hydrogens (tertiary/aromatic N) is 3. The summed E-state index contributed by atoms with van der Waals surface area (Å²) < 4.78 is 6.52. The maximum atomic E-state index is 11.0. The molecule has 1 aromatic heterocycles. The first-order chi connectivity index (χ1) is 8.47. The maximum Gasteiger partial charge on any atom is 0.358 e. The van der Waals surface area contributed by atoms with E-state index in [-0.39, 0.29) is 24.8 Å². The highest BCUT2D eigenvalue weighted by atomic mass is 16.5. The topological polar surface area (TPSA) is 97.5 Å². The summed E-state index contributed by atoms with van der Waals surface area (Å²) in [5.74, 6) is -1.14. The molecule has 1 heterocycles. The molecule has 0 aromatic carbocycles. The Morgan fingerprint density at radius 2 is 2.17 bits per heavy atom. The molecule has 1 atom stereocenters. The summed E-state index contributed by atoms with van der Waals surface area (Å²) in [5, 5.41) is 26.1. The molecule has 18 heavy (non-hydrogen) atoms. The molecule has 1 aromatic rings. The second-order valence-electron chi connectivity index (χ2n) is 4.28. The van der Waals surface area contributed by atoms with E-state index in [1.165, 1.54) is 4.68 Å². The molecule has 0 saturated heterocycles. The second-order valence-corrected chi connectivity index (χ2v) is 4.28. The van der Waals surface area contributed by atoms with Gasteiger partial charge < -0.3 is 14.9 Å². The lowest BCUT2D eigenvalue weighted by atomic mass is 10.1. The van der Waals surface area contributed by atoms with Gasteiger partial charge in [0.05, 0.1) is 24.9 Å². The maximum absolute atomic E-state index is 11.0. The Bertz CT molecular complexity index is 403. The van der Waals surface area contributed by atoms with E-state index in [4.69, 9.17) is 9.84 Å². The first-order valence-electron chi connectivity index (χ1n) is 5.89. The van der Waals surface area contributed by atoms with E-state index >= 15 is 0 Å². The minimum absolute atomic E-state index is 0.0367. The predicted octanol–water partition coefficient (Wildman–Crippen LogP) is 0.497. The van der Waals surface area contributed by atoms with Crippen molar-refractivity contribution in [2.24, 2.45) is 0 Å². The van der Waals surface area contributed by atoms with Crippen molar-refractivity contribution in [3.8, 4) is 0 Å². The van der Waals surface area contributed by atoms with E-state index in [2.05, 4.69) is 10.3 Å². The molecule has 1 unspecified atom stereocenters. The quantitative estimate of drug-likeness (QED) is 0.738. The van der Waals surface area contributed by atoms with Crippen molar-refractivity contribution in [1.82, 2.24) is 15.0 Å². The number of carboxylic acids is 1. The third-order valence-electron chi connectivity index (χ3n) is 2.42. The smallest absolute Gasteiger partial charge is 0.358 e. The van der Waals surface area contributed by atoms with Crippen LogP contribution in [0.15, 0.2) is 0 Å². The zero-order chi connectivity index (χ0) is 13.7. The normalized spacial score (nSPS) is 12.9. The number of aliphatic hydroxyl groups excluding tert-OH is 1. The van der Waals surface area contributed by atoms with Gasteiger partial charge in [0.25, 0.3) is 0 Å². The fourth-order valence-corrected chi connectivity index (χ4v) is 1.69. The molecule has 0 bridgehead atoms. The third-order valence-corrected chi connectivity index (χ3v) is 2.42. The second kappa shape index (κ2) is 6.46. The molecule has 0 aliphatic carbocycles. The summed E-state index contributed by atoms with van der Waals surface area (Å²) in [5.41, 5.74) is 0.451. The van der Waals surface area contributed by atoms with Crippen LogP contribution in [0.25, 0.3) is 0 Å². The van der Waals surface area contributed by atoms with Crippen molar-refractivity contribution >= 4 is 5.97 Å². The lowest BCUT2D eigenvalue weighted by Gasteiger charge is -2.14. The fourth-order valence-electron chi connectivity index (χ4n) is 1.69. The Kier molecular flexibility index (Phi) is 5.24. The van der Waals surface area contributed by atoms with Crippen LogP contribution in [0.3, 0.4) is 0 Å². The van der Waals surface area contributed by atoms with Crippen LogP contribution in [0.2, 0.25) is 0 Å². The van der Waals surface area contributed by atoms with Gasteiger partial charge in [-0.15, -0.1) is 5.10 Å². The number of carbonyl (C=O) groups is 1. The summed E-state index contributed by atoms with van der Waals surface area (Å²) in [6.45, 7) is 6.44. The van der Waals surface area contributed by atoms with E-state index < -0.39 is 12.1 Å². The molecule has 0 spiro atoms. The number of aromatic carboxylic acids is 1. The first-order valence-corrected chi connectivity index (χ1v) is 5.89. The van der Waals surface area contributed by atoms with Gasteiger partial charge in [-0.1, -0.05) is 19.1 Å². The molecule has 1 rings (SSSR count).